The SMILES string of the molecule is CC(C)(C)c1ccc(C(=O)O)c(-c2cccc3ccccc23)c1. The number of hydrogen-bond donors (Lipinski definition) is 1. The third-order valence-corrected chi connectivity index (χ3v) is 4.20. The Morgan fingerprint density at radius 3 is 2.26 bits per heavy atom. The van der Waals surface area contributed by atoms with Gasteiger partial charge in [-0.2, -0.15) is 0 Å². The van der Waals surface area contributed by atoms with E-state index >= 15 is 0 Å². The fraction of sp³-hybridized carbons (Fsp3) is 0.190. The van der Waals surface area contributed by atoms with Gasteiger partial charge in [-0.05, 0) is 45.0 Å². The first kappa shape index (κ1) is 15.3. The molecule has 0 saturated heterocycles. The molecular weight excluding hydrogens is 284 g/mol. The first-order valence-corrected chi connectivity index (χ1v) is 7.74. The highest BCUT2D eigenvalue weighted by atomic mass is 16.4. The molecule has 0 spiro atoms. The van der Waals surface area contributed by atoms with Crippen molar-refractivity contribution in [1.82, 2.24) is 0 Å². The van der Waals surface area contributed by atoms with E-state index in [2.05, 4.69) is 20.8 Å². The van der Waals surface area contributed by atoms with Gasteiger partial charge in [0.15, 0.2) is 0 Å². The lowest BCUT2D eigenvalue weighted by Crippen LogP contribution is -2.12. The summed E-state index contributed by atoms with van der Waals surface area (Å²) in [6.45, 7) is 6.40. The van der Waals surface area contributed by atoms with E-state index in [1.807, 2.05) is 54.6 Å². The number of aromatic carboxylic acids is 1. The molecule has 2 heteroatoms. The Hall–Kier alpha value is -2.61. The molecule has 0 unspecified atom stereocenters. The summed E-state index contributed by atoms with van der Waals surface area (Å²) in [6, 6.07) is 19.8. The number of rotatable bonds is 2. The number of carboxylic acids is 1. The zero-order valence-corrected chi connectivity index (χ0v) is 13.6. The first-order valence-electron chi connectivity index (χ1n) is 7.74. The lowest BCUT2D eigenvalue weighted by Gasteiger charge is -2.21. The topological polar surface area (TPSA) is 37.3 Å². The maximum absolute atomic E-state index is 11.7. The maximum Gasteiger partial charge on any atom is 0.336 e. The van der Waals surface area contributed by atoms with E-state index in [0.29, 0.717) is 5.56 Å². The number of carbonyl (C=O) groups is 1. The minimum absolute atomic E-state index is 0.0314. The first-order chi connectivity index (χ1) is 10.9. The quantitative estimate of drug-likeness (QED) is 0.678. The number of hydrogen-bond acceptors (Lipinski definition) is 1. The minimum atomic E-state index is -0.895. The summed E-state index contributed by atoms with van der Waals surface area (Å²) in [7, 11) is 0. The van der Waals surface area contributed by atoms with Gasteiger partial charge in [-0.1, -0.05) is 69.3 Å². The van der Waals surface area contributed by atoms with Gasteiger partial charge in [-0.3, -0.25) is 0 Å². The highest BCUT2D eigenvalue weighted by Crippen LogP contribution is 2.34. The van der Waals surface area contributed by atoms with Crippen LogP contribution in [0.5, 0.6) is 0 Å². The van der Waals surface area contributed by atoms with E-state index in [9.17, 15) is 9.90 Å². The molecule has 3 aromatic carbocycles. The average Bonchev–Trinajstić information content (AvgIpc) is 2.53. The molecule has 0 bridgehead atoms. The number of fused-ring (bicyclic) bond motifs is 1. The molecule has 1 N–H and O–H groups in total. The molecule has 0 radical (unpaired) electrons. The van der Waals surface area contributed by atoms with E-state index in [1.54, 1.807) is 6.07 Å². The second kappa shape index (κ2) is 5.54. The maximum atomic E-state index is 11.7. The van der Waals surface area contributed by atoms with Gasteiger partial charge in [0.2, 0.25) is 0 Å². The van der Waals surface area contributed by atoms with Crippen LogP contribution in [0.1, 0.15) is 36.7 Å². The van der Waals surface area contributed by atoms with Gasteiger partial charge in [-0.25, -0.2) is 4.79 Å². The second-order valence-corrected chi connectivity index (χ2v) is 6.84. The van der Waals surface area contributed by atoms with Crippen LogP contribution < -0.4 is 0 Å². The zero-order valence-electron chi connectivity index (χ0n) is 13.6. The smallest absolute Gasteiger partial charge is 0.336 e. The molecule has 23 heavy (non-hydrogen) atoms. The molecule has 0 aromatic heterocycles. The monoisotopic (exact) mass is 304 g/mol. The van der Waals surface area contributed by atoms with E-state index in [0.717, 1.165) is 27.5 Å². The molecule has 0 amide bonds. The average molecular weight is 304 g/mol. The van der Waals surface area contributed by atoms with Gasteiger partial charge >= 0.3 is 5.97 Å². The summed E-state index contributed by atoms with van der Waals surface area (Å²) in [6.07, 6.45) is 0. The molecular formula is C21H20O2. The van der Waals surface area contributed by atoms with Crippen LogP contribution in [0.3, 0.4) is 0 Å². The highest BCUT2D eigenvalue weighted by Gasteiger charge is 2.19. The molecule has 0 aliphatic rings. The van der Waals surface area contributed by atoms with Crippen LogP contribution in [0.4, 0.5) is 0 Å². The third-order valence-electron chi connectivity index (χ3n) is 4.20. The molecule has 2 nitrogen and oxygen atoms in total. The Morgan fingerprint density at radius 2 is 1.57 bits per heavy atom. The summed E-state index contributed by atoms with van der Waals surface area (Å²) in [5, 5.41) is 11.8. The van der Waals surface area contributed by atoms with Crippen LogP contribution in [0, 0.1) is 0 Å². The van der Waals surface area contributed by atoms with Crippen molar-refractivity contribution in [2.75, 3.05) is 0 Å². The Kier molecular flexibility index (Phi) is 3.69. The summed E-state index contributed by atoms with van der Waals surface area (Å²) in [5.41, 5.74) is 3.18. The lowest BCUT2D eigenvalue weighted by atomic mass is 9.83. The van der Waals surface area contributed by atoms with Gasteiger partial charge in [0, 0.05) is 0 Å². The molecule has 0 aliphatic heterocycles. The van der Waals surface area contributed by atoms with E-state index < -0.39 is 5.97 Å². The van der Waals surface area contributed by atoms with Crippen LogP contribution in [-0.2, 0) is 5.41 Å². The Balaban J connectivity index is 2.34. The van der Waals surface area contributed by atoms with Gasteiger partial charge in [-0.15, -0.1) is 0 Å². The van der Waals surface area contributed by atoms with Crippen LogP contribution in [0.25, 0.3) is 21.9 Å². The van der Waals surface area contributed by atoms with Gasteiger partial charge in [0.25, 0.3) is 0 Å². The number of carboxylic acid groups (broad SMARTS) is 1. The van der Waals surface area contributed by atoms with Crippen LogP contribution in [-0.4, -0.2) is 11.1 Å². The number of benzene rings is 3. The van der Waals surface area contributed by atoms with Crippen molar-refractivity contribution in [1.29, 1.82) is 0 Å². The van der Waals surface area contributed by atoms with Crippen LogP contribution in [0.2, 0.25) is 0 Å². The summed E-state index contributed by atoms with van der Waals surface area (Å²) < 4.78 is 0. The minimum Gasteiger partial charge on any atom is -0.478 e. The Morgan fingerprint density at radius 1 is 0.870 bits per heavy atom. The highest BCUT2D eigenvalue weighted by molar-refractivity contribution is 6.03. The molecule has 0 saturated carbocycles. The van der Waals surface area contributed by atoms with Gasteiger partial charge in [0.05, 0.1) is 5.56 Å². The third kappa shape index (κ3) is 2.85. The molecule has 3 rings (SSSR count). The molecule has 116 valence electrons. The Bertz CT molecular complexity index is 880. The fourth-order valence-corrected chi connectivity index (χ4v) is 2.88. The van der Waals surface area contributed by atoms with Crippen LogP contribution in [0.15, 0.2) is 60.7 Å². The van der Waals surface area contributed by atoms with Gasteiger partial charge in [0.1, 0.15) is 0 Å². The van der Waals surface area contributed by atoms with Crippen molar-refractivity contribution in [3.05, 3.63) is 71.8 Å². The predicted octanol–water partition coefficient (Wildman–Crippen LogP) is 5.50. The van der Waals surface area contributed by atoms with E-state index in [1.165, 1.54) is 0 Å². The normalized spacial score (nSPS) is 11.6. The summed E-state index contributed by atoms with van der Waals surface area (Å²) in [4.78, 5) is 11.7. The summed E-state index contributed by atoms with van der Waals surface area (Å²) in [5.74, 6) is -0.895. The van der Waals surface area contributed by atoms with Crippen molar-refractivity contribution in [3.63, 3.8) is 0 Å². The second-order valence-electron chi connectivity index (χ2n) is 6.84. The standard InChI is InChI=1S/C21H20O2/c1-21(2,3)15-11-12-18(20(22)23)19(13-15)17-10-6-8-14-7-4-5-9-16(14)17/h4-13H,1-3H3,(H,22,23). The fourth-order valence-electron chi connectivity index (χ4n) is 2.88. The van der Waals surface area contributed by atoms with Crippen molar-refractivity contribution >= 4 is 16.7 Å². The van der Waals surface area contributed by atoms with E-state index in [-0.39, 0.29) is 5.41 Å². The molecule has 0 atom stereocenters. The largest absolute Gasteiger partial charge is 0.478 e. The molecule has 0 heterocycles. The van der Waals surface area contributed by atoms with Crippen LogP contribution >= 0.6 is 0 Å². The predicted molar refractivity (Wildman–Crippen MR) is 95.0 cm³/mol. The lowest BCUT2D eigenvalue weighted by molar-refractivity contribution is 0.0697. The zero-order chi connectivity index (χ0) is 16.6. The van der Waals surface area contributed by atoms with Gasteiger partial charge < -0.3 is 5.11 Å². The van der Waals surface area contributed by atoms with Crippen molar-refractivity contribution in [2.45, 2.75) is 26.2 Å². The van der Waals surface area contributed by atoms with Crippen molar-refractivity contribution < 1.29 is 9.90 Å². The molecule has 0 aliphatic carbocycles. The molecule has 3 aromatic rings. The Labute approximate surface area is 136 Å². The van der Waals surface area contributed by atoms with Crippen molar-refractivity contribution in [3.8, 4) is 11.1 Å². The molecule has 0 fully saturated rings. The summed E-state index contributed by atoms with van der Waals surface area (Å²) >= 11 is 0. The van der Waals surface area contributed by atoms with E-state index in [4.69, 9.17) is 0 Å². The van der Waals surface area contributed by atoms with Crippen molar-refractivity contribution in [2.24, 2.45) is 0 Å².